The Morgan fingerprint density at radius 2 is 1.74 bits per heavy atom. The summed E-state index contributed by atoms with van der Waals surface area (Å²) in [6, 6.07) is 15.6. The van der Waals surface area contributed by atoms with Crippen molar-refractivity contribution < 1.29 is 14.3 Å². The van der Waals surface area contributed by atoms with E-state index < -0.39 is 0 Å². The number of benzene rings is 2. The van der Waals surface area contributed by atoms with Crippen LogP contribution in [-0.4, -0.2) is 59.9 Å². The SMILES string of the molecule is COc1ccc(-c2nc(CN3CCN(C(=O)CC(NC(C)=O)c4ccc(C)cc4)CC3)cs2)cc1. The lowest BCUT2D eigenvalue weighted by Crippen LogP contribution is -2.49. The highest BCUT2D eigenvalue weighted by molar-refractivity contribution is 7.13. The van der Waals surface area contributed by atoms with Crippen molar-refractivity contribution >= 4 is 23.2 Å². The van der Waals surface area contributed by atoms with Crippen molar-refractivity contribution in [1.82, 2.24) is 20.1 Å². The van der Waals surface area contributed by atoms with E-state index in [1.54, 1.807) is 18.4 Å². The van der Waals surface area contributed by atoms with Gasteiger partial charge in [-0.3, -0.25) is 14.5 Å². The second kappa shape index (κ2) is 11.5. The van der Waals surface area contributed by atoms with Gasteiger partial charge in [-0.25, -0.2) is 4.98 Å². The molecule has 1 aliphatic rings. The maximum absolute atomic E-state index is 13.0. The van der Waals surface area contributed by atoms with Gasteiger partial charge in [0.2, 0.25) is 11.8 Å². The minimum Gasteiger partial charge on any atom is -0.497 e. The number of carbonyl (C=O) groups is 2. The molecule has 1 fully saturated rings. The monoisotopic (exact) mass is 492 g/mol. The summed E-state index contributed by atoms with van der Waals surface area (Å²) in [6.45, 7) is 7.24. The van der Waals surface area contributed by atoms with Crippen molar-refractivity contribution in [2.45, 2.75) is 32.9 Å². The molecule has 7 nitrogen and oxygen atoms in total. The van der Waals surface area contributed by atoms with Gasteiger partial charge >= 0.3 is 0 Å². The van der Waals surface area contributed by atoms with Crippen LogP contribution < -0.4 is 10.1 Å². The van der Waals surface area contributed by atoms with Crippen LogP contribution in [0.5, 0.6) is 5.75 Å². The number of aryl methyl sites for hydroxylation is 1. The molecule has 3 aromatic rings. The molecule has 1 unspecified atom stereocenters. The number of hydrogen-bond donors (Lipinski definition) is 1. The lowest BCUT2D eigenvalue weighted by molar-refractivity contribution is -0.133. The maximum atomic E-state index is 13.0. The number of amides is 2. The number of ether oxygens (including phenoxy) is 1. The average Bonchev–Trinajstić information content (AvgIpc) is 3.32. The number of rotatable bonds is 8. The van der Waals surface area contributed by atoms with Crippen molar-refractivity contribution in [3.05, 3.63) is 70.7 Å². The molecule has 2 heterocycles. The highest BCUT2D eigenvalue weighted by Crippen LogP contribution is 2.26. The Kier molecular flexibility index (Phi) is 8.15. The Morgan fingerprint density at radius 3 is 2.37 bits per heavy atom. The molecule has 2 amide bonds. The summed E-state index contributed by atoms with van der Waals surface area (Å²) in [6.07, 6.45) is 0.264. The molecule has 1 aromatic heterocycles. The van der Waals surface area contributed by atoms with Gasteiger partial charge in [0.25, 0.3) is 0 Å². The molecule has 1 N–H and O–H groups in total. The number of thiazole rings is 1. The molecule has 8 heteroatoms. The first-order valence-corrected chi connectivity index (χ1v) is 12.7. The number of aromatic nitrogens is 1. The fourth-order valence-corrected chi connectivity index (χ4v) is 5.05. The van der Waals surface area contributed by atoms with Gasteiger partial charge in [-0.2, -0.15) is 0 Å². The van der Waals surface area contributed by atoms with Gasteiger partial charge in [-0.15, -0.1) is 11.3 Å². The topological polar surface area (TPSA) is 74.8 Å². The third-order valence-electron chi connectivity index (χ3n) is 6.24. The van der Waals surface area contributed by atoms with Crippen molar-refractivity contribution in [3.8, 4) is 16.3 Å². The van der Waals surface area contributed by atoms with Crippen molar-refractivity contribution in [2.75, 3.05) is 33.3 Å². The van der Waals surface area contributed by atoms with E-state index in [-0.39, 0.29) is 24.3 Å². The summed E-state index contributed by atoms with van der Waals surface area (Å²) in [5.74, 6) is 0.769. The largest absolute Gasteiger partial charge is 0.497 e. The number of nitrogens with zero attached hydrogens (tertiary/aromatic N) is 3. The molecule has 0 spiro atoms. The van der Waals surface area contributed by atoms with E-state index in [2.05, 4.69) is 15.6 Å². The number of carbonyl (C=O) groups excluding carboxylic acids is 2. The van der Waals surface area contributed by atoms with Crippen LogP contribution in [0.3, 0.4) is 0 Å². The molecule has 1 saturated heterocycles. The van der Waals surface area contributed by atoms with Crippen LogP contribution >= 0.6 is 11.3 Å². The Hall–Kier alpha value is -3.23. The molecule has 1 aliphatic heterocycles. The maximum Gasteiger partial charge on any atom is 0.225 e. The van der Waals surface area contributed by atoms with Crippen LogP contribution in [-0.2, 0) is 16.1 Å². The van der Waals surface area contributed by atoms with E-state index in [9.17, 15) is 9.59 Å². The summed E-state index contributed by atoms with van der Waals surface area (Å²) < 4.78 is 5.23. The zero-order chi connectivity index (χ0) is 24.8. The van der Waals surface area contributed by atoms with Crippen molar-refractivity contribution in [3.63, 3.8) is 0 Å². The van der Waals surface area contributed by atoms with Gasteiger partial charge in [0.15, 0.2) is 0 Å². The molecule has 35 heavy (non-hydrogen) atoms. The summed E-state index contributed by atoms with van der Waals surface area (Å²) >= 11 is 1.64. The lowest BCUT2D eigenvalue weighted by Gasteiger charge is -2.35. The fourth-order valence-electron chi connectivity index (χ4n) is 4.23. The number of piperazine rings is 1. The highest BCUT2D eigenvalue weighted by Gasteiger charge is 2.25. The van der Waals surface area contributed by atoms with Crippen LogP contribution in [0.15, 0.2) is 53.9 Å². The Balaban J connectivity index is 1.30. The van der Waals surface area contributed by atoms with Crippen LogP contribution in [0.2, 0.25) is 0 Å². The molecular formula is C27H32N4O3S. The minimum absolute atomic E-state index is 0.0689. The highest BCUT2D eigenvalue weighted by atomic mass is 32.1. The van der Waals surface area contributed by atoms with Crippen molar-refractivity contribution in [2.24, 2.45) is 0 Å². The predicted octanol–water partition coefficient (Wildman–Crippen LogP) is 4.04. The van der Waals surface area contributed by atoms with Gasteiger partial charge in [-0.1, -0.05) is 29.8 Å². The molecule has 4 rings (SSSR count). The van der Waals surface area contributed by atoms with Gasteiger partial charge in [0, 0.05) is 50.6 Å². The summed E-state index contributed by atoms with van der Waals surface area (Å²) in [4.78, 5) is 33.8. The lowest BCUT2D eigenvalue weighted by atomic mass is 10.0. The smallest absolute Gasteiger partial charge is 0.225 e. The van der Waals surface area contributed by atoms with Crippen LogP contribution in [0, 0.1) is 6.92 Å². The third kappa shape index (κ3) is 6.68. The van der Waals surface area contributed by atoms with Crippen molar-refractivity contribution in [1.29, 1.82) is 0 Å². The second-order valence-corrected chi connectivity index (χ2v) is 9.76. The zero-order valence-electron chi connectivity index (χ0n) is 20.5. The molecule has 0 saturated carbocycles. The first-order valence-electron chi connectivity index (χ1n) is 11.8. The Labute approximate surface area is 210 Å². The van der Waals surface area contributed by atoms with E-state index in [4.69, 9.17) is 9.72 Å². The number of nitrogens with one attached hydrogen (secondary N) is 1. The number of methoxy groups -OCH3 is 1. The van der Waals surface area contributed by atoms with Crippen LogP contribution in [0.4, 0.5) is 0 Å². The van der Waals surface area contributed by atoms with E-state index in [1.165, 1.54) is 6.92 Å². The van der Waals surface area contributed by atoms with Gasteiger partial charge < -0.3 is 15.0 Å². The number of hydrogen-bond acceptors (Lipinski definition) is 6. The molecular weight excluding hydrogens is 460 g/mol. The fraction of sp³-hybridized carbons (Fsp3) is 0.370. The Bertz CT molecular complexity index is 1140. The minimum atomic E-state index is -0.315. The van der Waals surface area contributed by atoms with E-state index >= 15 is 0 Å². The van der Waals surface area contributed by atoms with Gasteiger partial charge in [-0.05, 0) is 36.8 Å². The predicted molar refractivity (Wildman–Crippen MR) is 138 cm³/mol. The third-order valence-corrected chi connectivity index (χ3v) is 7.18. The van der Waals surface area contributed by atoms with Gasteiger partial charge in [0.1, 0.15) is 10.8 Å². The van der Waals surface area contributed by atoms with E-state index in [1.807, 2.05) is 60.4 Å². The summed E-state index contributed by atoms with van der Waals surface area (Å²) in [5, 5.41) is 6.04. The summed E-state index contributed by atoms with van der Waals surface area (Å²) in [5.41, 5.74) is 4.23. The second-order valence-electron chi connectivity index (χ2n) is 8.90. The van der Waals surface area contributed by atoms with Crippen LogP contribution in [0.1, 0.15) is 36.2 Å². The van der Waals surface area contributed by atoms with Crippen LogP contribution in [0.25, 0.3) is 10.6 Å². The first-order chi connectivity index (χ1) is 16.9. The molecule has 0 bridgehead atoms. The van der Waals surface area contributed by atoms with Gasteiger partial charge in [0.05, 0.1) is 25.3 Å². The standard InChI is InChI=1S/C27H32N4O3S/c1-19-4-6-21(7-5-19)25(28-20(2)32)16-26(33)31-14-12-30(13-15-31)17-23-18-35-27(29-23)22-8-10-24(34-3)11-9-22/h4-11,18,25H,12-17H2,1-3H3,(H,28,32). The molecule has 184 valence electrons. The Morgan fingerprint density at radius 1 is 1.06 bits per heavy atom. The molecule has 0 radical (unpaired) electrons. The average molecular weight is 493 g/mol. The van der Waals surface area contributed by atoms with E-state index in [0.717, 1.165) is 52.8 Å². The molecule has 2 aromatic carbocycles. The summed E-state index contributed by atoms with van der Waals surface area (Å²) in [7, 11) is 1.66. The van der Waals surface area contributed by atoms with E-state index in [0.29, 0.717) is 13.1 Å². The zero-order valence-corrected chi connectivity index (χ0v) is 21.3. The first kappa shape index (κ1) is 24.9. The molecule has 1 atom stereocenters. The normalized spacial score (nSPS) is 15.0. The molecule has 0 aliphatic carbocycles. The quantitative estimate of drug-likeness (QED) is 0.514.